The van der Waals surface area contributed by atoms with Gasteiger partial charge in [-0.2, -0.15) is 0 Å². The number of amides is 1. The summed E-state index contributed by atoms with van der Waals surface area (Å²) in [4.78, 5) is 38.8. The van der Waals surface area contributed by atoms with Gasteiger partial charge in [-0.25, -0.2) is 9.59 Å². The number of carboxylic acid groups (broad SMARTS) is 1. The Labute approximate surface area is 205 Å². The Morgan fingerprint density at radius 1 is 1.06 bits per heavy atom. The Balaban J connectivity index is 1.38. The van der Waals surface area contributed by atoms with E-state index in [2.05, 4.69) is 5.32 Å². The van der Waals surface area contributed by atoms with Gasteiger partial charge in [-0.05, 0) is 62.4 Å². The summed E-state index contributed by atoms with van der Waals surface area (Å²) in [7, 11) is 0. The topological polar surface area (TPSA) is 105 Å². The summed E-state index contributed by atoms with van der Waals surface area (Å²) in [5, 5.41) is 12.2. The minimum absolute atomic E-state index is 0.0105. The number of esters is 1. The summed E-state index contributed by atoms with van der Waals surface area (Å²) in [6.07, 6.45) is 0.542. The van der Waals surface area contributed by atoms with Gasteiger partial charge in [0.1, 0.15) is 24.3 Å². The van der Waals surface area contributed by atoms with Crippen LogP contribution in [0.5, 0.6) is 0 Å². The summed E-state index contributed by atoms with van der Waals surface area (Å²) >= 11 is 0. The molecule has 0 aromatic heterocycles. The molecule has 1 heterocycles. The largest absolute Gasteiger partial charge is 0.480 e. The summed E-state index contributed by atoms with van der Waals surface area (Å²) in [5.41, 5.74) is 3.75. The lowest BCUT2D eigenvalue weighted by Crippen LogP contribution is -2.51. The fourth-order valence-electron chi connectivity index (χ4n) is 4.88. The maximum Gasteiger partial charge on any atom is 0.407 e. The van der Waals surface area contributed by atoms with Crippen LogP contribution in [0.1, 0.15) is 50.7 Å². The summed E-state index contributed by atoms with van der Waals surface area (Å²) in [6.45, 7) is 6.02. The highest BCUT2D eigenvalue weighted by Crippen LogP contribution is 2.44. The number of nitrogens with zero attached hydrogens (tertiary/aromatic N) is 1. The summed E-state index contributed by atoms with van der Waals surface area (Å²) in [5.74, 6) is -1.68. The van der Waals surface area contributed by atoms with Gasteiger partial charge >= 0.3 is 18.0 Å². The van der Waals surface area contributed by atoms with Crippen LogP contribution < -0.4 is 5.32 Å². The quantitative estimate of drug-likeness (QED) is 0.581. The molecular formula is C27H32N2O6. The van der Waals surface area contributed by atoms with Crippen molar-refractivity contribution in [3.63, 3.8) is 0 Å². The highest BCUT2D eigenvalue weighted by molar-refractivity contribution is 5.81. The van der Waals surface area contributed by atoms with E-state index in [1.807, 2.05) is 48.5 Å². The van der Waals surface area contributed by atoms with Gasteiger partial charge in [-0.3, -0.25) is 9.69 Å². The molecule has 2 N–H and O–H groups in total. The zero-order chi connectivity index (χ0) is 25.2. The summed E-state index contributed by atoms with van der Waals surface area (Å²) < 4.78 is 11.0. The number of carbonyl (C=O) groups is 3. The van der Waals surface area contributed by atoms with E-state index in [4.69, 9.17) is 9.47 Å². The van der Waals surface area contributed by atoms with Crippen LogP contribution in [0.3, 0.4) is 0 Å². The standard InChI is InChI=1S/C27H32N2O6/c1-27(2,3)35-25(32)23-13-8-14-29(23)15-22(24(30)31)28-26(33)34-16-21-19-11-6-4-9-17(19)18-10-5-7-12-20(18)21/h4-7,9-12,21-23H,8,13-16H2,1-3H3,(H,28,33)(H,30,31)/t22-,23?/m0/s1. The summed E-state index contributed by atoms with van der Waals surface area (Å²) in [6, 6.07) is 14.3. The van der Waals surface area contributed by atoms with Crippen molar-refractivity contribution in [3.8, 4) is 11.1 Å². The second-order valence-corrected chi connectivity index (χ2v) is 10.0. The van der Waals surface area contributed by atoms with Gasteiger partial charge < -0.3 is 19.9 Å². The van der Waals surface area contributed by atoms with E-state index in [0.717, 1.165) is 28.7 Å². The fraction of sp³-hybridized carbons (Fsp3) is 0.444. The van der Waals surface area contributed by atoms with Crippen LogP contribution in [0.4, 0.5) is 4.79 Å². The first-order valence-electron chi connectivity index (χ1n) is 12.0. The number of likely N-dealkylation sites (tertiary alicyclic amines) is 1. The normalized spacial score (nSPS) is 18.4. The first-order valence-corrected chi connectivity index (χ1v) is 12.0. The fourth-order valence-corrected chi connectivity index (χ4v) is 4.88. The second-order valence-electron chi connectivity index (χ2n) is 10.0. The van der Waals surface area contributed by atoms with Crippen molar-refractivity contribution < 1.29 is 29.0 Å². The minimum Gasteiger partial charge on any atom is -0.480 e. The van der Waals surface area contributed by atoms with Gasteiger partial charge in [0.05, 0.1) is 0 Å². The molecule has 8 heteroatoms. The molecule has 0 radical (unpaired) electrons. The molecule has 0 spiro atoms. The number of hydrogen-bond donors (Lipinski definition) is 2. The van der Waals surface area contributed by atoms with Crippen LogP contribution in [0.2, 0.25) is 0 Å². The molecule has 1 amide bonds. The van der Waals surface area contributed by atoms with E-state index in [1.165, 1.54) is 0 Å². The van der Waals surface area contributed by atoms with Crippen molar-refractivity contribution in [1.82, 2.24) is 10.2 Å². The first kappa shape index (κ1) is 24.7. The van der Waals surface area contributed by atoms with Gasteiger partial charge in [0.15, 0.2) is 0 Å². The number of benzene rings is 2. The van der Waals surface area contributed by atoms with E-state index < -0.39 is 29.7 Å². The number of aliphatic carboxylic acids is 1. The number of carboxylic acids is 1. The van der Waals surface area contributed by atoms with Gasteiger partial charge in [-0.1, -0.05) is 48.5 Å². The maximum absolute atomic E-state index is 12.6. The van der Waals surface area contributed by atoms with E-state index in [-0.39, 0.29) is 25.0 Å². The molecule has 1 fully saturated rings. The Kier molecular flexibility index (Phi) is 7.12. The van der Waals surface area contributed by atoms with Crippen LogP contribution in [0.15, 0.2) is 48.5 Å². The van der Waals surface area contributed by atoms with E-state index in [0.29, 0.717) is 13.0 Å². The minimum atomic E-state index is -1.21. The molecule has 2 aromatic carbocycles. The molecule has 0 bridgehead atoms. The van der Waals surface area contributed by atoms with Crippen molar-refractivity contribution in [3.05, 3.63) is 59.7 Å². The van der Waals surface area contributed by atoms with Crippen LogP contribution in [-0.2, 0) is 19.1 Å². The highest BCUT2D eigenvalue weighted by Gasteiger charge is 2.37. The molecule has 0 saturated carbocycles. The molecule has 1 aliphatic heterocycles. The van der Waals surface area contributed by atoms with Crippen molar-refractivity contribution in [2.75, 3.05) is 19.7 Å². The van der Waals surface area contributed by atoms with Crippen molar-refractivity contribution in [2.24, 2.45) is 0 Å². The first-order chi connectivity index (χ1) is 16.6. The molecular weight excluding hydrogens is 448 g/mol. The van der Waals surface area contributed by atoms with Gasteiger partial charge in [0.2, 0.25) is 0 Å². The Morgan fingerprint density at radius 2 is 1.66 bits per heavy atom. The number of hydrogen-bond acceptors (Lipinski definition) is 6. The number of ether oxygens (including phenoxy) is 2. The maximum atomic E-state index is 12.6. The van der Waals surface area contributed by atoms with Crippen molar-refractivity contribution in [1.29, 1.82) is 0 Å². The smallest absolute Gasteiger partial charge is 0.407 e. The average molecular weight is 481 g/mol. The Bertz CT molecular complexity index is 1060. The molecule has 2 aliphatic rings. The molecule has 186 valence electrons. The van der Waals surface area contributed by atoms with Crippen LogP contribution in [0, 0.1) is 0 Å². The molecule has 2 atom stereocenters. The monoisotopic (exact) mass is 480 g/mol. The average Bonchev–Trinajstić information content (AvgIpc) is 3.39. The molecule has 4 rings (SSSR count). The predicted octanol–water partition coefficient (Wildman–Crippen LogP) is 3.78. The zero-order valence-corrected chi connectivity index (χ0v) is 20.3. The van der Waals surface area contributed by atoms with E-state index in [9.17, 15) is 19.5 Å². The predicted molar refractivity (Wildman–Crippen MR) is 130 cm³/mol. The van der Waals surface area contributed by atoms with Gasteiger partial charge in [-0.15, -0.1) is 0 Å². The molecule has 2 aromatic rings. The Morgan fingerprint density at radius 3 is 2.23 bits per heavy atom. The lowest BCUT2D eigenvalue weighted by atomic mass is 9.98. The molecule has 1 saturated heterocycles. The zero-order valence-electron chi connectivity index (χ0n) is 20.3. The third-order valence-electron chi connectivity index (χ3n) is 6.39. The SMILES string of the molecule is CC(C)(C)OC(=O)C1CCCN1C[C@H](NC(=O)OCC1c2ccccc2-c2ccccc21)C(=O)O. The molecule has 8 nitrogen and oxygen atoms in total. The third-order valence-corrected chi connectivity index (χ3v) is 6.39. The lowest BCUT2D eigenvalue weighted by Gasteiger charge is -2.29. The van der Waals surface area contributed by atoms with E-state index >= 15 is 0 Å². The number of carbonyl (C=O) groups excluding carboxylic acids is 2. The van der Waals surface area contributed by atoms with E-state index in [1.54, 1.807) is 25.7 Å². The number of alkyl carbamates (subject to hydrolysis) is 1. The van der Waals surface area contributed by atoms with Crippen LogP contribution in [0.25, 0.3) is 11.1 Å². The van der Waals surface area contributed by atoms with Gasteiger partial charge in [0, 0.05) is 12.5 Å². The highest BCUT2D eigenvalue weighted by atomic mass is 16.6. The van der Waals surface area contributed by atoms with Crippen molar-refractivity contribution in [2.45, 2.75) is 57.2 Å². The molecule has 35 heavy (non-hydrogen) atoms. The molecule has 1 unspecified atom stereocenters. The Hall–Kier alpha value is -3.39. The molecule has 1 aliphatic carbocycles. The van der Waals surface area contributed by atoms with Crippen molar-refractivity contribution >= 4 is 18.0 Å². The lowest BCUT2D eigenvalue weighted by molar-refractivity contribution is -0.161. The second kappa shape index (κ2) is 10.1. The van der Waals surface area contributed by atoms with Gasteiger partial charge in [0.25, 0.3) is 0 Å². The third kappa shape index (κ3) is 5.65. The van der Waals surface area contributed by atoms with Crippen LogP contribution in [-0.4, -0.2) is 65.4 Å². The number of nitrogens with one attached hydrogen (secondary N) is 1. The van der Waals surface area contributed by atoms with Crippen LogP contribution >= 0.6 is 0 Å². The number of rotatable bonds is 7. The number of fused-ring (bicyclic) bond motifs is 3.